The number of nitrogens with two attached hydrogens (primary N) is 1. The molecule has 0 atom stereocenters. The number of rotatable bonds is 6. The highest BCUT2D eigenvalue weighted by Crippen LogP contribution is 2.26. The van der Waals surface area contributed by atoms with E-state index in [2.05, 4.69) is 32.8 Å². The molecule has 1 amide bonds. The Hall–Kier alpha value is -3.07. The van der Waals surface area contributed by atoms with Gasteiger partial charge in [-0.25, -0.2) is 9.78 Å². The van der Waals surface area contributed by atoms with Crippen molar-refractivity contribution in [2.45, 2.75) is 58.2 Å². The third-order valence-electron chi connectivity index (χ3n) is 4.88. The summed E-state index contributed by atoms with van der Waals surface area (Å²) in [4.78, 5) is 20.7. The number of hydrogen-bond donors (Lipinski definition) is 4. The van der Waals surface area contributed by atoms with Gasteiger partial charge in [0.2, 0.25) is 5.95 Å². The van der Waals surface area contributed by atoms with Crippen LogP contribution >= 0.6 is 0 Å². The fraction of sp³-hybridized carbons (Fsp3) is 0.500. The molecule has 1 saturated heterocycles. The zero-order chi connectivity index (χ0) is 22.5. The van der Waals surface area contributed by atoms with Gasteiger partial charge in [0, 0.05) is 31.0 Å². The predicted octanol–water partition coefficient (Wildman–Crippen LogP) is 3.81. The van der Waals surface area contributed by atoms with Crippen LogP contribution in [0.4, 0.5) is 27.9 Å². The molecule has 0 aliphatic carbocycles. The summed E-state index contributed by atoms with van der Waals surface area (Å²) in [5.41, 5.74) is 7.67. The first-order chi connectivity index (χ1) is 14.6. The van der Waals surface area contributed by atoms with E-state index in [-0.39, 0.29) is 5.54 Å². The number of benzene rings is 1. The normalized spacial score (nSPS) is 15.7. The summed E-state index contributed by atoms with van der Waals surface area (Å²) in [5.74, 6) is 1.06. The SMILES string of the molecule is CC1(Nc2ncc(N)c(Nc3ccc(CNC(=O)OC(C)(C)C)cc3)n2)CCOCC1. The summed E-state index contributed by atoms with van der Waals surface area (Å²) in [6, 6.07) is 7.64. The lowest BCUT2D eigenvalue weighted by Crippen LogP contribution is -2.41. The lowest BCUT2D eigenvalue weighted by atomic mass is 9.93. The van der Waals surface area contributed by atoms with Gasteiger partial charge in [-0.15, -0.1) is 0 Å². The van der Waals surface area contributed by atoms with Gasteiger partial charge in [0.1, 0.15) is 5.60 Å². The molecule has 31 heavy (non-hydrogen) atoms. The van der Waals surface area contributed by atoms with Crippen molar-refractivity contribution in [3.8, 4) is 0 Å². The van der Waals surface area contributed by atoms with E-state index in [0.717, 1.165) is 37.3 Å². The predicted molar refractivity (Wildman–Crippen MR) is 121 cm³/mol. The van der Waals surface area contributed by atoms with Crippen molar-refractivity contribution in [1.82, 2.24) is 15.3 Å². The molecular weight excluding hydrogens is 396 g/mol. The van der Waals surface area contributed by atoms with E-state index < -0.39 is 11.7 Å². The first kappa shape index (κ1) is 22.6. The number of anilines is 4. The minimum atomic E-state index is -0.523. The van der Waals surface area contributed by atoms with E-state index >= 15 is 0 Å². The zero-order valence-electron chi connectivity index (χ0n) is 18.6. The molecule has 5 N–H and O–H groups in total. The number of carbonyl (C=O) groups excluding carboxylic acids is 1. The van der Waals surface area contributed by atoms with Gasteiger partial charge in [-0.3, -0.25) is 0 Å². The summed E-state index contributed by atoms with van der Waals surface area (Å²) in [6.45, 7) is 9.45. The van der Waals surface area contributed by atoms with Gasteiger partial charge in [0.25, 0.3) is 0 Å². The van der Waals surface area contributed by atoms with Crippen molar-refractivity contribution in [2.75, 3.05) is 29.6 Å². The number of ether oxygens (including phenoxy) is 2. The van der Waals surface area contributed by atoms with Crippen LogP contribution in [0, 0.1) is 0 Å². The monoisotopic (exact) mass is 428 g/mol. The van der Waals surface area contributed by atoms with E-state index in [1.807, 2.05) is 45.0 Å². The molecule has 0 unspecified atom stereocenters. The second kappa shape index (κ2) is 9.38. The van der Waals surface area contributed by atoms with Crippen LogP contribution in [0.2, 0.25) is 0 Å². The highest BCUT2D eigenvalue weighted by Gasteiger charge is 2.28. The van der Waals surface area contributed by atoms with E-state index in [0.29, 0.717) is 24.0 Å². The Bertz CT molecular complexity index is 889. The number of amides is 1. The number of aromatic nitrogens is 2. The van der Waals surface area contributed by atoms with E-state index in [4.69, 9.17) is 15.2 Å². The number of nitrogen functional groups attached to an aromatic ring is 1. The van der Waals surface area contributed by atoms with E-state index in [9.17, 15) is 4.79 Å². The maximum atomic E-state index is 11.8. The summed E-state index contributed by atoms with van der Waals surface area (Å²) in [5, 5.41) is 9.39. The van der Waals surface area contributed by atoms with Gasteiger partial charge in [0.05, 0.1) is 11.9 Å². The molecule has 1 aromatic heterocycles. The quantitative estimate of drug-likeness (QED) is 0.548. The van der Waals surface area contributed by atoms with E-state index in [1.165, 1.54) is 0 Å². The lowest BCUT2D eigenvalue weighted by Gasteiger charge is -2.34. The van der Waals surface area contributed by atoms with Gasteiger partial charge in [-0.05, 0) is 58.2 Å². The van der Waals surface area contributed by atoms with Crippen LogP contribution < -0.4 is 21.7 Å². The Morgan fingerprint density at radius 3 is 2.55 bits per heavy atom. The standard InChI is InChI=1S/C22H32N6O3/c1-21(2,3)31-20(29)25-13-15-5-7-16(8-6-15)26-18-17(23)14-24-19(27-18)28-22(4)9-11-30-12-10-22/h5-8,14H,9-13,23H2,1-4H3,(H,25,29)(H2,24,26,27,28). The minimum absolute atomic E-state index is 0.103. The van der Waals surface area contributed by atoms with Gasteiger partial charge in [-0.1, -0.05) is 12.1 Å². The number of carbonyl (C=O) groups is 1. The van der Waals surface area contributed by atoms with Crippen molar-refractivity contribution >= 4 is 29.2 Å². The molecule has 1 aliphatic heterocycles. The molecule has 3 rings (SSSR count). The van der Waals surface area contributed by atoms with Crippen LogP contribution in [-0.4, -0.2) is 40.4 Å². The fourth-order valence-electron chi connectivity index (χ4n) is 3.10. The molecule has 1 aliphatic rings. The molecule has 1 aromatic carbocycles. The molecular formula is C22H32N6O3. The number of hydrogen-bond acceptors (Lipinski definition) is 8. The molecule has 9 heteroatoms. The first-order valence-corrected chi connectivity index (χ1v) is 10.4. The lowest BCUT2D eigenvalue weighted by molar-refractivity contribution is 0.0523. The Morgan fingerprint density at radius 2 is 1.90 bits per heavy atom. The third-order valence-corrected chi connectivity index (χ3v) is 4.88. The van der Waals surface area contributed by atoms with Crippen molar-refractivity contribution in [3.05, 3.63) is 36.0 Å². The maximum absolute atomic E-state index is 11.8. The Labute approximate surface area is 183 Å². The summed E-state index contributed by atoms with van der Waals surface area (Å²) >= 11 is 0. The smallest absolute Gasteiger partial charge is 0.407 e. The first-order valence-electron chi connectivity index (χ1n) is 10.4. The van der Waals surface area contributed by atoms with Crippen molar-refractivity contribution in [1.29, 1.82) is 0 Å². The van der Waals surface area contributed by atoms with Gasteiger partial charge < -0.3 is 31.2 Å². The Morgan fingerprint density at radius 1 is 1.23 bits per heavy atom. The number of alkyl carbamates (subject to hydrolysis) is 1. The van der Waals surface area contributed by atoms with Crippen molar-refractivity contribution in [2.24, 2.45) is 0 Å². The van der Waals surface area contributed by atoms with Crippen LogP contribution in [0.5, 0.6) is 0 Å². The minimum Gasteiger partial charge on any atom is -0.444 e. The molecule has 0 saturated carbocycles. The molecule has 0 radical (unpaired) electrons. The average molecular weight is 429 g/mol. The largest absolute Gasteiger partial charge is 0.444 e. The van der Waals surface area contributed by atoms with Crippen LogP contribution in [0.25, 0.3) is 0 Å². The molecule has 9 nitrogen and oxygen atoms in total. The van der Waals surface area contributed by atoms with Gasteiger partial charge in [-0.2, -0.15) is 4.98 Å². The summed E-state index contributed by atoms with van der Waals surface area (Å²) in [7, 11) is 0. The third kappa shape index (κ3) is 6.99. The highest BCUT2D eigenvalue weighted by atomic mass is 16.6. The second-order valence-corrected chi connectivity index (χ2v) is 8.97. The Kier molecular flexibility index (Phi) is 6.84. The van der Waals surface area contributed by atoms with Gasteiger partial charge >= 0.3 is 6.09 Å². The maximum Gasteiger partial charge on any atom is 0.407 e. The number of nitrogens with zero attached hydrogens (tertiary/aromatic N) is 2. The van der Waals surface area contributed by atoms with Crippen LogP contribution in [0.1, 0.15) is 46.1 Å². The van der Waals surface area contributed by atoms with Crippen LogP contribution in [0.15, 0.2) is 30.5 Å². The molecule has 1 fully saturated rings. The van der Waals surface area contributed by atoms with Crippen molar-refractivity contribution < 1.29 is 14.3 Å². The zero-order valence-corrected chi connectivity index (χ0v) is 18.6. The molecule has 2 aromatic rings. The molecule has 0 spiro atoms. The molecule has 168 valence electrons. The fourth-order valence-corrected chi connectivity index (χ4v) is 3.10. The van der Waals surface area contributed by atoms with E-state index in [1.54, 1.807) is 6.20 Å². The molecule has 2 heterocycles. The molecule has 0 bridgehead atoms. The Balaban J connectivity index is 1.60. The van der Waals surface area contributed by atoms with Crippen molar-refractivity contribution in [3.63, 3.8) is 0 Å². The summed E-state index contributed by atoms with van der Waals surface area (Å²) in [6.07, 6.45) is 2.94. The van der Waals surface area contributed by atoms with Gasteiger partial charge in [0.15, 0.2) is 5.82 Å². The van der Waals surface area contributed by atoms with Crippen LogP contribution in [-0.2, 0) is 16.0 Å². The topological polar surface area (TPSA) is 123 Å². The highest BCUT2D eigenvalue weighted by molar-refractivity contribution is 5.69. The van der Waals surface area contributed by atoms with Crippen LogP contribution in [0.3, 0.4) is 0 Å². The second-order valence-electron chi connectivity index (χ2n) is 8.97. The summed E-state index contributed by atoms with van der Waals surface area (Å²) < 4.78 is 10.7. The number of nitrogens with one attached hydrogen (secondary N) is 3. The average Bonchev–Trinajstić information content (AvgIpc) is 2.69.